The fourth-order valence-corrected chi connectivity index (χ4v) is 3.85. The van der Waals surface area contributed by atoms with Crippen molar-refractivity contribution in [2.45, 2.75) is 39.7 Å². The number of allylic oxidation sites excluding steroid dienone is 2. The minimum atomic E-state index is -0.906. The summed E-state index contributed by atoms with van der Waals surface area (Å²) in [5.74, 6) is -1.58. The quantitative estimate of drug-likeness (QED) is 0.381. The number of nitrogens with one attached hydrogen (secondary N) is 1. The van der Waals surface area contributed by atoms with Gasteiger partial charge in [0.2, 0.25) is 0 Å². The van der Waals surface area contributed by atoms with Gasteiger partial charge in [0.25, 0.3) is 0 Å². The molecule has 0 atom stereocenters. The minimum absolute atomic E-state index is 0.0147. The van der Waals surface area contributed by atoms with Gasteiger partial charge in [0.05, 0.1) is 19.8 Å². The van der Waals surface area contributed by atoms with Gasteiger partial charge in [-0.05, 0) is 56.5 Å². The second kappa shape index (κ2) is 11.4. The zero-order valence-electron chi connectivity index (χ0n) is 20.4. The van der Waals surface area contributed by atoms with Crippen LogP contribution in [0, 0.1) is 6.92 Å². The van der Waals surface area contributed by atoms with Crippen molar-refractivity contribution in [2.75, 3.05) is 19.5 Å². The number of amides is 1. The van der Waals surface area contributed by atoms with Crippen molar-refractivity contribution in [1.29, 1.82) is 0 Å². The van der Waals surface area contributed by atoms with Gasteiger partial charge in [-0.2, -0.15) is 0 Å². The van der Waals surface area contributed by atoms with Gasteiger partial charge in [-0.15, -0.1) is 0 Å². The van der Waals surface area contributed by atoms with Crippen LogP contribution in [0.3, 0.4) is 0 Å². The molecule has 0 saturated heterocycles. The lowest BCUT2D eigenvalue weighted by Crippen LogP contribution is -2.20. The number of hydrogen-bond donors (Lipinski definition) is 2. The molecule has 36 heavy (non-hydrogen) atoms. The second-order valence-corrected chi connectivity index (χ2v) is 8.13. The van der Waals surface area contributed by atoms with Crippen LogP contribution in [0.15, 0.2) is 35.9 Å². The molecule has 1 aliphatic heterocycles. The molecular formula is C26H27NO9. The first-order valence-electron chi connectivity index (χ1n) is 11.1. The van der Waals surface area contributed by atoms with Gasteiger partial charge < -0.3 is 24.1 Å². The van der Waals surface area contributed by atoms with Crippen molar-refractivity contribution in [3.05, 3.63) is 63.7 Å². The molecule has 10 heteroatoms. The van der Waals surface area contributed by atoms with Gasteiger partial charge in [0, 0.05) is 23.2 Å². The number of hydrogen-bond acceptors (Lipinski definition) is 8. The number of carbonyl (C=O) groups excluding carboxylic acids is 3. The average molecular weight is 498 g/mol. The summed E-state index contributed by atoms with van der Waals surface area (Å²) < 4.78 is 21.1. The van der Waals surface area contributed by atoms with E-state index in [9.17, 15) is 19.2 Å². The van der Waals surface area contributed by atoms with Crippen LogP contribution >= 0.6 is 0 Å². The molecule has 0 aromatic heterocycles. The lowest BCUT2D eigenvalue weighted by Gasteiger charge is -2.19. The molecule has 2 aromatic rings. The molecule has 1 heterocycles. The van der Waals surface area contributed by atoms with E-state index in [-0.39, 0.29) is 30.8 Å². The Kier molecular flexibility index (Phi) is 8.31. The van der Waals surface area contributed by atoms with Gasteiger partial charge in [0.15, 0.2) is 5.75 Å². The molecule has 2 N–H and O–H groups in total. The molecule has 10 nitrogen and oxygen atoms in total. The Morgan fingerprint density at radius 1 is 1.11 bits per heavy atom. The molecule has 0 fully saturated rings. The highest BCUT2D eigenvalue weighted by atomic mass is 16.6. The number of aliphatic carboxylic acids is 1. The summed E-state index contributed by atoms with van der Waals surface area (Å²) >= 11 is 0. The Morgan fingerprint density at radius 2 is 1.81 bits per heavy atom. The van der Waals surface area contributed by atoms with Crippen LogP contribution in [0.5, 0.6) is 11.5 Å². The van der Waals surface area contributed by atoms with Gasteiger partial charge in [-0.3, -0.25) is 10.1 Å². The van der Waals surface area contributed by atoms with E-state index in [0.29, 0.717) is 40.1 Å². The van der Waals surface area contributed by atoms with E-state index < -0.39 is 24.0 Å². The first-order valence-corrected chi connectivity index (χ1v) is 11.1. The molecule has 0 radical (unpaired) electrons. The molecule has 0 bridgehead atoms. The average Bonchev–Trinajstić information content (AvgIpc) is 3.25. The van der Waals surface area contributed by atoms with E-state index in [1.165, 1.54) is 38.5 Å². The monoisotopic (exact) mass is 497 g/mol. The van der Waals surface area contributed by atoms with Crippen LogP contribution in [-0.4, -0.2) is 43.3 Å². The maximum atomic E-state index is 12.8. The number of esters is 2. The van der Waals surface area contributed by atoms with Crippen molar-refractivity contribution in [3.63, 3.8) is 0 Å². The molecule has 0 unspecified atom stereocenters. The number of ether oxygens (including phenoxy) is 4. The maximum Gasteiger partial charge on any atom is 0.417 e. The summed E-state index contributed by atoms with van der Waals surface area (Å²) in [6.07, 6.45) is 1.51. The molecule has 0 spiro atoms. The number of carbonyl (C=O) groups is 4. The van der Waals surface area contributed by atoms with Crippen molar-refractivity contribution in [2.24, 2.45) is 0 Å². The lowest BCUT2D eigenvalue weighted by molar-refractivity contribution is -0.136. The first-order chi connectivity index (χ1) is 17.2. The molecule has 2 aromatic carbocycles. The molecule has 190 valence electrons. The number of carboxylic acids is 1. The van der Waals surface area contributed by atoms with Crippen molar-refractivity contribution < 1.29 is 43.2 Å². The highest BCUT2D eigenvalue weighted by molar-refractivity contribution is 6.00. The molecule has 0 aliphatic carbocycles. The van der Waals surface area contributed by atoms with E-state index in [1.807, 2.05) is 6.08 Å². The van der Waals surface area contributed by atoms with Crippen LogP contribution in [0.4, 0.5) is 10.5 Å². The minimum Gasteiger partial charge on any atom is -0.496 e. The van der Waals surface area contributed by atoms with Crippen molar-refractivity contribution >= 4 is 29.7 Å². The van der Waals surface area contributed by atoms with Gasteiger partial charge in [-0.25, -0.2) is 14.4 Å². The third-order valence-electron chi connectivity index (χ3n) is 5.76. The third-order valence-corrected chi connectivity index (χ3v) is 5.76. The first kappa shape index (κ1) is 26.3. The van der Waals surface area contributed by atoms with Crippen LogP contribution in [0.25, 0.3) is 0 Å². The Bertz CT molecular complexity index is 1230. The number of fused-ring (bicyclic) bond motifs is 1. The largest absolute Gasteiger partial charge is 0.496 e. The summed E-state index contributed by atoms with van der Waals surface area (Å²) in [5, 5.41) is 11.5. The molecule has 1 amide bonds. The fraction of sp³-hybridized carbons (Fsp3) is 0.308. The van der Waals surface area contributed by atoms with Crippen LogP contribution in [0.1, 0.15) is 57.2 Å². The highest BCUT2D eigenvalue weighted by Crippen LogP contribution is 2.43. The molecule has 1 aliphatic rings. The van der Waals surface area contributed by atoms with E-state index in [2.05, 4.69) is 10.1 Å². The Morgan fingerprint density at radius 3 is 2.42 bits per heavy atom. The Labute approximate surface area is 207 Å². The van der Waals surface area contributed by atoms with Crippen LogP contribution in [-0.2, 0) is 27.3 Å². The fourth-order valence-electron chi connectivity index (χ4n) is 3.85. The third kappa shape index (κ3) is 5.83. The Balaban J connectivity index is 1.94. The number of cyclic esters (lactones) is 1. The molecule has 3 rings (SSSR count). The standard InChI is InChI=1S/C26H27NO9/c1-14(6-12-20(28)29)5-11-18-22(33-3)15(2)19-13-35-25(31)21(19)23(18)36-26(32)27-17-9-7-16(8-10-17)24(30)34-4/h5,7-10H,6,11-13H2,1-4H3,(H,27,32)(H,28,29). The normalized spacial score (nSPS) is 12.4. The zero-order valence-corrected chi connectivity index (χ0v) is 20.4. The second-order valence-electron chi connectivity index (χ2n) is 8.13. The van der Waals surface area contributed by atoms with E-state index in [4.69, 9.17) is 19.3 Å². The summed E-state index contributed by atoms with van der Waals surface area (Å²) in [7, 11) is 2.75. The summed E-state index contributed by atoms with van der Waals surface area (Å²) in [6, 6.07) is 6.00. The van der Waals surface area contributed by atoms with Crippen LogP contribution in [0.2, 0.25) is 0 Å². The summed E-state index contributed by atoms with van der Waals surface area (Å²) in [4.78, 5) is 47.9. The summed E-state index contributed by atoms with van der Waals surface area (Å²) in [5.41, 5.74) is 3.36. The lowest BCUT2D eigenvalue weighted by atomic mass is 9.94. The zero-order chi connectivity index (χ0) is 26.4. The van der Waals surface area contributed by atoms with Crippen LogP contribution < -0.4 is 14.8 Å². The van der Waals surface area contributed by atoms with E-state index >= 15 is 0 Å². The highest BCUT2D eigenvalue weighted by Gasteiger charge is 2.34. The SMILES string of the molecule is COC(=O)c1ccc(NC(=O)Oc2c(CC=C(C)CCC(=O)O)c(OC)c(C)c3c2C(=O)OC3)cc1. The number of rotatable bonds is 9. The number of methoxy groups -OCH3 is 2. The van der Waals surface area contributed by atoms with Gasteiger partial charge >= 0.3 is 24.0 Å². The maximum absolute atomic E-state index is 12.8. The molecular weight excluding hydrogens is 470 g/mol. The number of benzene rings is 2. The van der Waals surface area contributed by atoms with Gasteiger partial charge in [-0.1, -0.05) is 11.6 Å². The van der Waals surface area contributed by atoms with Crippen molar-refractivity contribution in [3.8, 4) is 11.5 Å². The Hall–Kier alpha value is -4.34. The van der Waals surface area contributed by atoms with E-state index in [1.54, 1.807) is 13.8 Å². The number of carboxylic acid groups (broad SMARTS) is 1. The van der Waals surface area contributed by atoms with Crippen molar-refractivity contribution in [1.82, 2.24) is 0 Å². The van der Waals surface area contributed by atoms with E-state index in [0.717, 1.165) is 5.57 Å². The number of anilines is 1. The topological polar surface area (TPSA) is 137 Å². The predicted molar refractivity (Wildman–Crippen MR) is 129 cm³/mol. The van der Waals surface area contributed by atoms with Gasteiger partial charge in [0.1, 0.15) is 17.9 Å². The smallest absolute Gasteiger partial charge is 0.417 e. The summed E-state index contributed by atoms with van der Waals surface area (Å²) in [6.45, 7) is 3.61. The molecule has 0 saturated carbocycles. The predicted octanol–water partition coefficient (Wildman–Crippen LogP) is 4.43.